The second-order valence-corrected chi connectivity index (χ2v) is 5.48. The van der Waals surface area contributed by atoms with E-state index in [4.69, 9.17) is 10.5 Å². The maximum absolute atomic E-state index is 12.5. The van der Waals surface area contributed by atoms with Gasteiger partial charge in [0.2, 0.25) is 0 Å². The molecule has 0 radical (unpaired) electrons. The number of anilines is 1. The molecule has 4 nitrogen and oxygen atoms in total. The van der Waals surface area contributed by atoms with Gasteiger partial charge in [-0.3, -0.25) is 0 Å². The van der Waals surface area contributed by atoms with Crippen LogP contribution in [0.2, 0.25) is 0 Å². The van der Waals surface area contributed by atoms with Crippen LogP contribution in [0.25, 0.3) is 32.6 Å². The predicted molar refractivity (Wildman–Crippen MR) is 93.7 cm³/mol. The van der Waals surface area contributed by atoms with Gasteiger partial charge in [-0.1, -0.05) is 42.5 Å². The zero-order valence-electron chi connectivity index (χ0n) is 12.7. The second-order valence-electron chi connectivity index (χ2n) is 5.48. The van der Waals surface area contributed by atoms with Crippen molar-refractivity contribution in [1.29, 1.82) is 0 Å². The molecule has 0 amide bonds. The van der Waals surface area contributed by atoms with E-state index in [-0.39, 0.29) is 5.97 Å². The highest BCUT2D eigenvalue weighted by Gasteiger charge is 2.21. The summed E-state index contributed by atoms with van der Waals surface area (Å²) in [4.78, 5) is 15.9. The van der Waals surface area contributed by atoms with Crippen LogP contribution in [0.15, 0.2) is 48.5 Å². The fourth-order valence-electron chi connectivity index (χ4n) is 3.24. The van der Waals surface area contributed by atoms with Gasteiger partial charge in [0.1, 0.15) is 0 Å². The van der Waals surface area contributed by atoms with Crippen LogP contribution < -0.4 is 5.73 Å². The van der Waals surface area contributed by atoms with Crippen molar-refractivity contribution in [1.82, 2.24) is 4.98 Å². The van der Waals surface area contributed by atoms with Gasteiger partial charge < -0.3 is 15.5 Å². The number of carbonyl (C=O) groups excluding carboxylic acids is 1. The number of nitrogens with two attached hydrogens (primary N) is 1. The lowest BCUT2D eigenvalue weighted by Gasteiger charge is -2.11. The minimum Gasteiger partial charge on any atom is -0.462 e. The number of carbonyl (C=O) groups is 1. The molecule has 23 heavy (non-hydrogen) atoms. The number of rotatable bonds is 2. The number of H-pyrrole nitrogens is 1. The number of nitrogens with one attached hydrogen (secondary N) is 1. The molecule has 0 unspecified atom stereocenters. The Bertz CT molecular complexity index is 1060. The lowest BCUT2D eigenvalue weighted by molar-refractivity contribution is 0.0530. The molecule has 0 aliphatic rings. The quantitative estimate of drug-likeness (QED) is 0.430. The number of ether oxygens (including phenoxy) is 1. The molecule has 0 fully saturated rings. The first-order chi connectivity index (χ1) is 11.2. The van der Waals surface area contributed by atoms with Gasteiger partial charge in [-0.25, -0.2) is 4.79 Å². The Morgan fingerprint density at radius 1 is 1.04 bits per heavy atom. The van der Waals surface area contributed by atoms with E-state index in [9.17, 15) is 4.79 Å². The first-order valence-electron chi connectivity index (χ1n) is 7.60. The number of hydrogen-bond donors (Lipinski definition) is 2. The number of aromatic nitrogens is 1. The summed E-state index contributed by atoms with van der Waals surface area (Å²) in [5.74, 6) is -0.381. The standard InChI is InChI=1S/C19H16N2O2/c1-2-23-19(22)16-11-7-3-4-8-12(11)18-15(17(16)20)13-9-5-6-10-14(13)21-18/h3-10,21H,2,20H2,1H3. The molecule has 4 rings (SSSR count). The lowest BCUT2D eigenvalue weighted by Crippen LogP contribution is -2.09. The van der Waals surface area contributed by atoms with Crippen LogP contribution in [0.4, 0.5) is 5.69 Å². The third-order valence-electron chi connectivity index (χ3n) is 4.19. The summed E-state index contributed by atoms with van der Waals surface area (Å²) in [5.41, 5.74) is 9.27. The summed E-state index contributed by atoms with van der Waals surface area (Å²) < 4.78 is 5.23. The number of nitrogen functional groups attached to an aromatic ring is 1. The van der Waals surface area contributed by atoms with Crippen molar-refractivity contribution >= 4 is 44.2 Å². The maximum Gasteiger partial charge on any atom is 0.340 e. The van der Waals surface area contributed by atoms with Crippen LogP contribution in [-0.4, -0.2) is 17.6 Å². The zero-order chi connectivity index (χ0) is 16.0. The molecular weight excluding hydrogens is 288 g/mol. The highest BCUT2D eigenvalue weighted by atomic mass is 16.5. The van der Waals surface area contributed by atoms with Crippen LogP contribution in [0, 0.1) is 0 Å². The average molecular weight is 304 g/mol. The summed E-state index contributed by atoms with van der Waals surface area (Å²) in [6, 6.07) is 15.7. The molecule has 1 aromatic heterocycles. The van der Waals surface area contributed by atoms with Crippen LogP contribution >= 0.6 is 0 Å². The van der Waals surface area contributed by atoms with E-state index in [1.165, 1.54) is 0 Å². The molecule has 4 aromatic rings. The summed E-state index contributed by atoms with van der Waals surface area (Å²) in [6.45, 7) is 2.11. The molecule has 0 saturated carbocycles. The molecule has 114 valence electrons. The van der Waals surface area contributed by atoms with E-state index in [0.717, 1.165) is 32.6 Å². The summed E-state index contributed by atoms with van der Waals surface area (Å²) >= 11 is 0. The predicted octanol–water partition coefficient (Wildman–Crippen LogP) is 4.23. The van der Waals surface area contributed by atoms with Crippen LogP contribution in [-0.2, 0) is 4.74 Å². The van der Waals surface area contributed by atoms with E-state index >= 15 is 0 Å². The number of para-hydroxylation sites is 1. The molecule has 1 heterocycles. The smallest absolute Gasteiger partial charge is 0.340 e. The number of esters is 1. The van der Waals surface area contributed by atoms with Gasteiger partial charge in [-0.05, 0) is 13.0 Å². The van der Waals surface area contributed by atoms with E-state index < -0.39 is 0 Å². The SMILES string of the molecule is CCOC(=O)c1c(N)c2c3ccccc3[nH]c2c2ccccc12. The first-order valence-corrected chi connectivity index (χ1v) is 7.60. The maximum atomic E-state index is 12.5. The molecule has 3 N–H and O–H groups in total. The normalized spacial score (nSPS) is 11.3. The molecular formula is C19H16N2O2. The summed E-state index contributed by atoms with van der Waals surface area (Å²) in [7, 11) is 0. The Balaban J connectivity index is 2.25. The third-order valence-corrected chi connectivity index (χ3v) is 4.19. The number of aromatic amines is 1. The molecule has 0 aliphatic heterocycles. The Morgan fingerprint density at radius 3 is 2.43 bits per heavy atom. The van der Waals surface area contributed by atoms with Crippen LogP contribution in [0.5, 0.6) is 0 Å². The zero-order valence-corrected chi connectivity index (χ0v) is 12.7. The molecule has 3 aromatic carbocycles. The Hall–Kier alpha value is -3.01. The Labute approximate surface area is 132 Å². The van der Waals surface area contributed by atoms with Crippen molar-refractivity contribution in [2.75, 3.05) is 12.3 Å². The molecule has 4 heteroatoms. The number of hydrogen-bond acceptors (Lipinski definition) is 3. The van der Waals surface area contributed by atoms with E-state index in [0.29, 0.717) is 17.9 Å². The van der Waals surface area contributed by atoms with Crippen LogP contribution in [0.1, 0.15) is 17.3 Å². The molecule has 0 bridgehead atoms. The van der Waals surface area contributed by atoms with Crippen molar-refractivity contribution in [2.24, 2.45) is 0 Å². The molecule has 0 atom stereocenters. The topological polar surface area (TPSA) is 68.1 Å². The van der Waals surface area contributed by atoms with E-state index in [2.05, 4.69) is 4.98 Å². The fourth-order valence-corrected chi connectivity index (χ4v) is 3.24. The molecule has 0 aliphatic carbocycles. The minimum atomic E-state index is -0.381. The van der Waals surface area contributed by atoms with Crippen molar-refractivity contribution in [3.63, 3.8) is 0 Å². The number of benzene rings is 3. The van der Waals surface area contributed by atoms with Gasteiger partial charge in [0.05, 0.1) is 23.4 Å². The summed E-state index contributed by atoms with van der Waals surface area (Å²) in [5, 5.41) is 3.66. The molecule has 0 saturated heterocycles. The highest BCUT2D eigenvalue weighted by Crippen LogP contribution is 2.39. The first kappa shape index (κ1) is 13.6. The van der Waals surface area contributed by atoms with Crippen molar-refractivity contribution in [3.05, 3.63) is 54.1 Å². The monoisotopic (exact) mass is 304 g/mol. The van der Waals surface area contributed by atoms with Gasteiger partial charge in [-0.2, -0.15) is 0 Å². The average Bonchev–Trinajstić information content (AvgIpc) is 2.95. The van der Waals surface area contributed by atoms with Gasteiger partial charge >= 0.3 is 5.97 Å². The van der Waals surface area contributed by atoms with E-state index in [1.54, 1.807) is 6.92 Å². The lowest BCUT2D eigenvalue weighted by atomic mass is 9.98. The fraction of sp³-hybridized carbons (Fsp3) is 0.105. The van der Waals surface area contributed by atoms with Gasteiger partial charge in [-0.15, -0.1) is 0 Å². The Morgan fingerprint density at radius 2 is 1.70 bits per heavy atom. The third kappa shape index (κ3) is 1.88. The van der Waals surface area contributed by atoms with Crippen LogP contribution in [0.3, 0.4) is 0 Å². The van der Waals surface area contributed by atoms with Gasteiger partial charge in [0.15, 0.2) is 0 Å². The van der Waals surface area contributed by atoms with Crippen molar-refractivity contribution < 1.29 is 9.53 Å². The minimum absolute atomic E-state index is 0.318. The van der Waals surface area contributed by atoms with Gasteiger partial charge in [0.25, 0.3) is 0 Å². The number of fused-ring (bicyclic) bond motifs is 5. The van der Waals surface area contributed by atoms with Gasteiger partial charge in [0, 0.05) is 27.1 Å². The highest BCUT2D eigenvalue weighted by molar-refractivity contribution is 6.27. The summed E-state index contributed by atoms with van der Waals surface area (Å²) in [6.07, 6.45) is 0. The molecule has 0 spiro atoms. The Kier molecular flexibility index (Phi) is 2.98. The second kappa shape index (κ2) is 5.02. The van der Waals surface area contributed by atoms with Crippen molar-refractivity contribution in [3.8, 4) is 0 Å². The van der Waals surface area contributed by atoms with E-state index in [1.807, 2.05) is 48.5 Å². The largest absolute Gasteiger partial charge is 0.462 e. The van der Waals surface area contributed by atoms with Crippen molar-refractivity contribution in [2.45, 2.75) is 6.92 Å².